The van der Waals surface area contributed by atoms with Gasteiger partial charge >= 0.3 is 5.97 Å². The summed E-state index contributed by atoms with van der Waals surface area (Å²) in [6.45, 7) is 7.36. The molecule has 0 saturated heterocycles. The van der Waals surface area contributed by atoms with Crippen molar-refractivity contribution < 1.29 is 23.8 Å². The first-order valence-corrected chi connectivity index (χ1v) is 8.94. The highest BCUT2D eigenvalue weighted by molar-refractivity contribution is 5.97. The van der Waals surface area contributed by atoms with E-state index in [1.165, 1.54) is 13.2 Å². The van der Waals surface area contributed by atoms with E-state index in [9.17, 15) is 9.59 Å². The number of carbonyl (C=O) groups excluding carboxylic acids is 2. The molecule has 0 atom stereocenters. The van der Waals surface area contributed by atoms with Crippen LogP contribution in [-0.2, 0) is 9.53 Å². The summed E-state index contributed by atoms with van der Waals surface area (Å²) in [5.74, 6) is -0.0213. The standard InChI is InChI=1S/C22H25NO5/c1-5-13-27-19-12-11-17(14-20(19)26-4)22(25)28-15-21(24)23(16(2)3)18-9-7-6-8-10-18/h5-12,14,16H,1,13,15H2,2-4H3. The molecule has 6 heteroatoms. The number of hydrogen-bond acceptors (Lipinski definition) is 5. The Morgan fingerprint density at radius 1 is 1.11 bits per heavy atom. The van der Waals surface area contributed by atoms with Crippen molar-refractivity contribution in [1.82, 2.24) is 0 Å². The van der Waals surface area contributed by atoms with Crippen LogP contribution in [0.15, 0.2) is 61.2 Å². The molecule has 0 spiro atoms. The molecule has 0 radical (unpaired) electrons. The van der Waals surface area contributed by atoms with Gasteiger partial charge in [0.2, 0.25) is 0 Å². The Labute approximate surface area is 165 Å². The van der Waals surface area contributed by atoms with Gasteiger partial charge in [0.25, 0.3) is 5.91 Å². The first-order chi connectivity index (χ1) is 13.5. The summed E-state index contributed by atoms with van der Waals surface area (Å²) in [6, 6.07) is 13.9. The predicted octanol–water partition coefficient (Wildman–Crippen LogP) is 3.86. The lowest BCUT2D eigenvalue weighted by Gasteiger charge is -2.26. The molecule has 6 nitrogen and oxygen atoms in total. The van der Waals surface area contributed by atoms with E-state index in [2.05, 4.69) is 6.58 Å². The average Bonchev–Trinajstić information content (AvgIpc) is 2.71. The van der Waals surface area contributed by atoms with Crippen LogP contribution in [0.5, 0.6) is 11.5 Å². The van der Waals surface area contributed by atoms with Crippen LogP contribution < -0.4 is 14.4 Å². The molecule has 0 aliphatic rings. The number of ether oxygens (including phenoxy) is 3. The molecule has 0 heterocycles. The van der Waals surface area contributed by atoms with Crippen molar-refractivity contribution in [2.45, 2.75) is 19.9 Å². The Balaban J connectivity index is 2.06. The van der Waals surface area contributed by atoms with Gasteiger partial charge in [-0.2, -0.15) is 0 Å². The monoisotopic (exact) mass is 383 g/mol. The Kier molecular flexibility index (Phi) is 7.63. The third kappa shape index (κ3) is 5.36. The van der Waals surface area contributed by atoms with E-state index in [0.717, 1.165) is 5.69 Å². The summed E-state index contributed by atoms with van der Waals surface area (Å²) in [4.78, 5) is 26.6. The lowest BCUT2D eigenvalue weighted by atomic mass is 10.2. The zero-order chi connectivity index (χ0) is 20.5. The Morgan fingerprint density at radius 3 is 2.43 bits per heavy atom. The lowest BCUT2D eigenvalue weighted by Crippen LogP contribution is -2.39. The number of para-hydroxylation sites is 1. The van der Waals surface area contributed by atoms with E-state index in [0.29, 0.717) is 18.1 Å². The average molecular weight is 383 g/mol. The smallest absolute Gasteiger partial charge is 0.338 e. The summed E-state index contributed by atoms with van der Waals surface area (Å²) in [7, 11) is 1.48. The minimum atomic E-state index is -0.612. The largest absolute Gasteiger partial charge is 0.493 e. The maximum atomic E-state index is 12.6. The van der Waals surface area contributed by atoms with E-state index < -0.39 is 5.97 Å². The molecule has 0 unspecified atom stereocenters. The van der Waals surface area contributed by atoms with Crippen molar-refractivity contribution in [3.05, 3.63) is 66.7 Å². The predicted molar refractivity (Wildman–Crippen MR) is 108 cm³/mol. The molecular formula is C22H25NO5. The van der Waals surface area contributed by atoms with E-state index in [1.54, 1.807) is 23.1 Å². The molecule has 2 aromatic carbocycles. The number of nitrogens with zero attached hydrogens (tertiary/aromatic N) is 1. The third-order valence-electron chi connectivity index (χ3n) is 3.90. The number of esters is 1. The fourth-order valence-corrected chi connectivity index (χ4v) is 2.66. The molecule has 0 saturated carbocycles. The number of methoxy groups -OCH3 is 1. The molecule has 0 aliphatic heterocycles. The van der Waals surface area contributed by atoms with Crippen molar-refractivity contribution >= 4 is 17.6 Å². The van der Waals surface area contributed by atoms with Crippen molar-refractivity contribution in [2.75, 3.05) is 25.2 Å². The van der Waals surface area contributed by atoms with Crippen molar-refractivity contribution in [3.63, 3.8) is 0 Å². The van der Waals surface area contributed by atoms with Gasteiger partial charge in [0.05, 0.1) is 12.7 Å². The van der Waals surface area contributed by atoms with Crippen LogP contribution in [0, 0.1) is 0 Å². The third-order valence-corrected chi connectivity index (χ3v) is 3.90. The second kappa shape index (κ2) is 10.2. The molecule has 0 aliphatic carbocycles. The number of benzene rings is 2. The molecule has 28 heavy (non-hydrogen) atoms. The Hall–Kier alpha value is -3.28. The number of anilines is 1. The maximum Gasteiger partial charge on any atom is 0.338 e. The van der Waals surface area contributed by atoms with Gasteiger partial charge in [0, 0.05) is 11.7 Å². The molecule has 0 fully saturated rings. The van der Waals surface area contributed by atoms with Crippen LogP contribution in [0.25, 0.3) is 0 Å². The molecule has 1 amide bonds. The fraction of sp³-hybridized carbons (Fsp3) is 0.273. The molecule has 0 N–H and O–H groups in total. The van der Waals surface area contributed by atoms with Crippen LogP contribution in [-0.4, -0.2) is 38.2 Å². The Bertz CT molecular complexity index is 817. The fourth-order valence-electron chi connectivity index (χ4n) is 2.66. The molecule has 0 bridgehead atoms. The first-order valence-electron chi connectivity index (χ1n) is 8.94. The van der Waals surface area contributed by atoms with Gasteiger partial charge in [0.15, 0.2) is 18.1 Å². The molecule has 2 rings (SSSR count). The van der Waals surface area contributed by atoms with Crippen molar-refractivity contribution in [1.29, 1.82) is 0 Å². The van der Waals surface area contributed by atoms with Crippen LogP contribution in [0.3, 0.4) is 0 Å². The molecule has 0 aromatic heterocycles. The normalized spacial score (nSPS) is 10.3. The van der Waals surface area contributed by atoms with Crippen LogP contribution in [0.4, 0.5) is 5.69 Å². The minimum absolute atomic E-state index is 0.0741. The van der Waals surface area contributed by atoms with Gasteiger partial charge in [0.1, 0.15) is 6.61 Å². The second-order valence-electron chi connectivity index (χ2n) is 6.23. The van der Waals surface area contributed by atoms with Gasteiger partial charge in [-0.3, -0.25) is 4.79 Å². The highest BCUT2D eigenvalue weighted by Gasteiger charge is 2.21. The molecular weight excluding hydrogens is 358 g/mol. The SMILES string of the molecule is C=CCOc1ccc(C(=O)OCC(=O)N(c2ccccc2)C(C)C)cc1OC. The summed E-state index contributed by atoms with van der Waals surface area (Å²) in [6.07, 6.45) is 1.61. The van der Waals surface area contributed by atoms with E-state index in [4.69, 9.17) is 14.2 Å². The van der Waals surface area contributed by atoms with Gasteiger partial charge in [-0.25, -0.2) is 4.79 Å². The summed E-state index contributed by atoms with van der Waals surface area (Å²) in [5, 5.41) is 0. The zero-order valence-corrected chi connectivity index (χ0v) is 16.4. The minimum Gasteiger partial charge on any atom is -0.493 e. The highest BCUT2D eigenvalue weighted by Crippen LogP contribution is 2.28. The number of hydrogen-bond donors (Lipinski definition) is 0. The highest BCUT2D eigenvalue weighted by atomic mass is 16.5. The second-order valence-corrected chi connectivity index (χ2v) is 6.23. The van der Waals surface area contributed by atoms with Crippen LogP contribution in [0.2, 0.25) is 0 Å². The van der Waals surface area contributed by atoms with E-state index in [1.807, 2.05) is 44.2 Å². The number of rotatable bonds is 9. The summed E-state index contributed by atoms with van der Waals surface area (Å²) >= 11 is 0. The Morgan fingerprint density at radius 2 is 1.82 bits per heavy atom. The van der Waals surface area contributed by atoms with Crippen LogP contribution in [0.1, 0.15) is 24.2 Å². The van der Waals surface area contributed by atoms with Crippen molar-refractivity contribution in [3.8, 4) is 11.5 Å². The molecule has 148 valence electrons. The topological polar surface area (TPSA) is 65.1 Å². The van der Waals surface area contributed by atoms with Crippen LogP contribution >= 0.6 is 0 Å². The molecule has 2 aromatic rings. The quantitative estimate of drug-likeness (QED) is 0.486. The summed E-state index contributed by atoms with van der Waals surface area (Å²) < 4.78 is 15.9. The van der Waals surface area contributed by atoms with Crippen molar-refractivity contribution in [2.24, 2.45) is 0 Å². The van der Waals surface area contributed by atoms with Gasteiger partial charge in [-0.1, -0.05) is 30.9 Å². The lowest BCUT2D eigenvalue weighted by molar-refractivity contribution is -0.122. The number of amides is 1. The van der Waals surface area contributed by atoms with E-state index in [-0.39, 0.29) is 24.1 Å². The van der Waals surface area contributed by atoms with Gasteiger partial charge in [-0.15, -0.1) is 0 Å². The van der Waals surface area contributed by atoms with Gasteiger partial charge in [-0.05, 0) is 44.2 Å². The number of carbonyl (C=O) groups is 2. The maximum absolute atomic E-state index is 12.6. The van der Waals surface area contributed by atoms with E-state index >= 15 is 0 Å². The first kappa shape index (κ1) is 21.0. The zero-order valence-electron chi connectivity index (χ0n) is 16.4. The summed E-state index contributed by atoms with van der Waals surface area (Å²) in [5.41, 5.74) is 1.02. The van der Waals surface area contributed by atoms with Gasteiger partial charge < -0.3 is 19.1 Å².